The van der Waals surface area contributed by atoms with Gasteiger partial charge in [0, 0.05) is 18.4 Å². The Morgan fingerprint density at radius 3 is 2.38 bits per heavy atom. The summed E-state index contributed by atoms with van der Waals surface area (Å²) < 4.78 is 39.1. The lowest BCUT2D eigenvalue weighted by molar-refractivity contribution is -0.119. The first-order valence-corrected chi connectivity index (χ1v) is 14.6. The topological polar surface area (TPSA) is 84.9 Å². The molecule has 0 spiro atoms. The number of rotatable bonds is 13. The number of aryl methyl sites for hydroxylation is 2. The fourth-order valence-corrected chi connectivity index (χ4v) is 6.13. The molecule has 198 valence electrons. The van der Waals surface area contributed by atoms with E-state index in [0.29, 0.717) is 18.0 Å². The standard InChI is InChI=1S/C28H34N2O5S2/c1-21-10-13-25(14-11-21)37(32,33)30(26-18-24(34-3)12-15-27(26)35-4)19-28(31)29-16-7-17-36-20-23-9-6-5-8-22(23)2/h5-6,8-15,18H,7,16-17,19-20H2,1-4H3,(H,29,31). The smallest absolute Gasteiger partial charge is 0.264 e. The molecule has 0 unspecified atom stereocenters. The van der Waals surface area contributed by atoms with Gasteiger partial charge in [0.15, 0.2) is 0 Å². The van der Waals surface area contributed by atoms with Gasteiger partial charge in [-0.2, -0.15) is 11.8 Å². The molecule has 0 aromatic heterocycles. The number of carbonyl (C=O) groups excluding carboxylic acids is 1. The van der Waals surface area contributed by atoms with Crippen LogP contribution in [0.25, 0.3) is 0 Å². The van der Waals surface area contributed by atoms with Crippen LogP contribution in [0.5, 0.6) is 11.5 Å². The molecule has 0 radical (unpaired) electrons. The molecule has 3 rings (SSSR count). The number of sulfonamides is 1. The maximum atomic E-state index is 13.7. The second-order valence-electron chi connectivity index (χ2n) is 8.55. The number of hydrogen-bond acceptors (Lipinski definition) is 6. The molecule has 0 aliphatic rings. The molecule has 37 heavy (non-hydrogen) atoms. The number of carbonyl (C=O) groups is 1. The minimum atomic E-state index is -4.06. The van der Waals surface area contributed by atoms with Crippen molar-refractivity contribution in [1.82, 2.24) is 5.32 Å². The minimum absolute atomic E-state index is 0.0865. The fourth-order valence-electron chi connectivity index (χ4n) is 3.67. The largest absolute Gasteiger partial charge is 0.497 e. The van der Waals surface area contributed by atoms with Gasteiger partial charge in [0.1, 0.15) is 18.0 Å². The molecule has 0 aliphatic heterocycles. The van der Waals surface area contributed by atoms with E-state index in [1.165, 1.54) is 37.5 Å². The Kier molecular flexibility index (Phi) is 10.3. The van der Waals surface area contributed by atoms with Crippen LogP contribution in [0, 0.1) is 13.8 Å². The zero-order chi connectivity index (χ0) is 26.8. The van der Waals surface area contributed by atoms with Gasteiger partial charge in [-0.15, -0.1) is 0 Å². The van der Waals surface area contributed by atoms with Crippen molar-refractivity contribution in [2.75, 3.05) is 37.4 Å². The molecule has 7 nitrogen and oxygen atoms in total. The van der Waals surface area contributed by atoms with Gasteiger partial charge in [-0.1, -0.05) is 42.0 Å². The van der Waals surface area contributed by atoms with Crippen LogP contribution in [0.2, 0.25) is 0 Å². The number of methoxy groups -OCH3 is 2. The zero-order valence-electron chi connectivity index (χ0n) is 21.7. The lowest BCUT2D eigenvalue weighted by Crippen LogP contribution is -2.41. The van der Waals surface area contributed by atoms with Crippen molar-refractivity contribution in [2.24, 2.45) is 0 Å². The Balaban J connectivity index is 1.70. The molecule has 0 bridgehead atoms. The normalized spacial score (nSPS) is 11.1. The number of anilines is 1. The number of benzene rings is 3. The van der Waals surface area contributed by atoms with Gasteiger partial charge in [0.2, 0.25) is 5.91 Å². The summed E-state index contributed by atoms with van der Waals surface area (Å²) in [6, 6.07) is 19.7. The maximum Gasteiger partial charge on any atom is 0.264 e. The summed E-state index contributed by atoms with van der Waals surface area (Å²) in [6.45, 7) is 4.04. The van der Waals surface area contributed by atoms with E-state index in [0.717, 1.165) is 27.8 Å². The highest BCUT2D eigenvalue weighted by Gasteiger charge is 2.30. The Morgan fingerprint density at radius 2 is 1.70 bits per heavy atom. The predicted octanol–water partition coefficient (Wildman–Crippen LogP) is 4.96. The summed E-state index contributed by atoms with van der Waals surface area (Å²) in [5, 5.41) is 2.86. The van der Waals surface area contributed by atoms with Gasteiger partial charge < -0.3 is 14.8 Å². The average molecular weight is 543 g/mol. The molecule has 0 atom stereocenters. The molecular formula is C28H34N2O5S2. The van der Waals surface area contributed by atoms with E-state index >= 15 is 0 Å². The van der Waals surface area contributed by atoms with Crippen LogP contribution in [0.3, 0.4) is 0 Å². The van der Waals surface area contributed by atoms with Crippen LogP contribution >= 0.6 is 11.8 Å². The van der Waals surface area contributed by atoms with Crippen molar-refractivity contribution < 1.29 is 22.7 Å². The van der Waals surface area contributed by atoms with Crippen LogP contribution < -0.4 is 19.1 Å². The van der Waals surface area contributed by atoms with Crippen molar-refractivity contribution in [2.45, 2.75) is 30.9 Å². The van der Waals surface area contributed by atoms with Crippen molar-refractivity contribution in [3.8, 4) is 11.5 Å². The highest BCUT2D eigenvalue weighted by atomic mass is 32.2. The van der Waals surface area contributed by atoms with E-state index in [1.54, 1.807) is 42.1 Å². The van der Waals surface area contributed by atoms with Crippen molar-refractivity contribution in [3.63, 3.8) is 0 Å². The molecular weight excluding hydrogens is 508 g/mol. The summed E-state index contributed by atoms with van der Waals surface area (Å²) in [5.74, 6) is 2.16. The monoisotopic (exact) mass is 542 g/mol. The van der Waals surface area contributed by atoms with Crippen LogP contribution in [0.4, 0.5) is 5.69 Å². The third-order valence-electron chi connectivity index (χ3n) is 5.86. The first-order chi connectivity index (χ1) is 17.8. The Hall–Kier alpha value is -3.17. The number of ether oxygens (including phenoxy) is 2. The molecule has 1 N–H and O–H groups in total. The molecule has 0 heterocycles. The quantitative estimate of drug-likeness (QED) is 0.308. The van der Waals surface area contributed by atoms with E-state index in [-0.39, 0.29) is 10.6 Å². The number of amides is 1. The Morgan fingerprint density at radius 1 is 0.973 bits per heavy atom. The van der Waals surface area contributed by atoms with Gasteiger partial charge in [0.05, 0.1) is 24.8 Å². The van der Waals surface area contributed by atoms with Gasteiger partial charge in [-0.25, -0.2) is 8.42 Å². The first kappa shape index (κ1) is 28.4. The molecule has 0 aliphatic carbocycles. The van der Waals surface area contributed by atoms with E-state index < -0.39 is 22.5 Å². The van der Waals surface area contributed by atoms with Gasteiger partial charge in [0.25, 0.3) is 10.0 Å². The highest BCUT2D eigenvalue weighted by molar-refractivity contribution is 7.98. The zero-order valence-corrected chi connectivity index (χ0v) is 23.3. The number of nitrogens with zero attached hydrogens (tertiary/aromatic N) is 1. The van der Waals surface area contributed by atoms with Crippen LogP contribution in [0.1, 0.15) is 23.1 Å². The number of nitrogens with one attached hydrogen (secondary N) is 1. The first-order valence-electron chi connectivity index (χ1n) is 12.0. The van der Waals surface area contributed by atoms with Gasteiger partial charge in [-0.05, 0) is 61.4 Å². The van der Waals surface area contributed by atoms with E-state index in [2.05, 4.69) is 24.4 Å². The fraction of sp³-hybridized carbons (Fsp3) is 0.321. The highest BCUT2D eigenvalue weighted by Crippen LogP contribution is 2.35. The van der Waals surface area contributed by atoms with Crippen LogP contribution in [-0.4, -0.2) is 47.4 Å². The van der Waals surface area contributed by atoms with Crippen molar-refractivity contribution in [1.29, 1.82) is 0 Å². The third-order valence-corrected chi connectivity index (χ3v) is 8.72. The second-order valence-corrected chi connectivity index (χ2v) is 11.5. The van der Waals surface area contributed by atoms with Crippen molar-refractivity contribution in [3.05, 3.63) is 83.4 Å². The SMILES string of the molecule is COc1ccc(OC)c(N(CC(=O)NCCCSCc2ccccc2C)S(=O)(=O)c2ccc(C)cc2)c1. The molecule has 9 heteroatoms. The van der Waals surface area contributed by atoms with Crippen LogP contribution in [0.15, 0.2) is 71.6 Å². The van der Waals surface area contributed by atoms with Crippen LogP contribution in [-0.2, 0) is 20.6 Å². The molecule has 0 saturated carbocycles. The van der Waals surface area contributed by atoms with Crippen molar-refractivity contribution >= 4 is 33.4 Å². The maximum absolute atomic E-state index is 13.7. The summed E-state index contributed by atoms with van der Waals surface area (Å²) in [7, 11) is -1.12. The number of hydrogen-bond donors (Lipinski definition) is 1. The Bertz CT molecular complexity index is 1290. The van der Waals surface area contributed by atoms with E-state index in [4.69, 9.17) is 9.47 Å². The second kappa shape index (κ2) is 13.4. The minimum Gasteiger partial charge on any atom is -0.497 e. The average Bonchev–Trinajstić information content (AvgIpc) is 2.90. The van der Waals surface area contributed by atoms with Gasteiger partial charge >= 0.3 is 0 Å². The molecule has 0 fully saturated rings. The summed E-state index contributed by atoms with van der Waals surface area (Å²) in [5.41, 5.74) is 3.74. The van der Waals surface area contributed by atoms with E-state index in [9.17, 15) is 13.2 Å². The summed E-state index contributed by atoms with van der Waals surface area (Å²) in [6.07, 6.45) is 0.773. The van der Waals surface area contributed by atoms with E-state index in [1.807, 2.05) is 19.1 Å². The lowest BCUT2D eigenvalue weighted by atomic mass is 10.1. The lowest BCUT2D eigenvalue weighted by Gasteiger charge is -2.26. The molecule has 0 saturated heterocycles. The third kappa shape index (κ3) is 7.66. The Labute approximate surface area is 224 Å². The number of thioether (sulfide) groups is 1. The summed E-state index contributed by atoms with van der Waals surface area (Å²) in [4.78, 5) is 13.0. The molecule has 3 aromatic rings. The predicted molar refractivity (Wildman–Crippen MR) is 150 cm³/mol. The van der Waals surface area contributed by atoms with Gasteiger partial charge in [-0.3, -0.25) is 9.10 Å². The molecule has 3 aromatic carbocycles. The molecule has 1 amide bonds. The summed E-state index contributed by atoms with van der Waals surface area (Å²) >= 11 is 1.81.